The number of carbonyl (C=O) groups excluding carboxylic acids is 3. The molecule has 1 aliphatic heterocycles. The Morgan fingerprint density at radius 2 is 2.05 bits per heavy atom. The zero-order valence-corrected chi connectivity index (χ0v) is 10.6. The molecular formula is C13H15N3O3. The van der Waals surface area contributed by atoms with Gasteiger partial charge in [0.15, 0.2) is 6.04 Å². The fourth-order valence-electron chi connectivity index (χ4n) is 1.96. The summed E-state index contributed by atoms with van der Waals surface area (Å²) in [4.78, 5) is 36.6. The summed E-state index contributed by atoms with van der Waals surface area (Å²) in [6, 6.07) is 8.21. The van der Waals surface area contributed by atoms with E-state index in [0.29, 0.717) is 6.54 Å². The molecule has 1 fully saturated rings. The molecule has 100 valence electrons. The highest BCUT2D eigenvalue weighted by Gasteiger charge is 2.36. The van der Waals surface area contributed by atoms with Crippen molar-refractivity contribution in [2.75, 3.05) is 13.6 Å². The number of nitrogens with one attached hydrogen (secondary N) is 2. The molecule has 2 rings (SSSR count). The maximum absolute atomic E-state index is 12.1. The summed E-state index contributed by atoms with van der Waals surface area (Å²) >= 11 is 0. The Hall–Kier alpha value is -2.37. The van der Waals surface area contributed by atoms with Crippen molar-refractivity contribution in [2.45, 2.75) is 12.6 Å². The minimum absolute atomic E-state index is 0.0266. The third-order valence-electron chi connectivity index (χ3n) is 2.92. The molecular weight excluding hydrogens is 246 g/mol. The molecule has 1 saturated heterocycles. The number of likely N-dealkylation sites (N-methyl/N-ethyl adjacent to an activating group) is 1. The van der Waals surface area contributed by atoms with Crippen molar-refractivity contribution in [1.82, 2.24) is 15.5 Å². The maximum atomic E-state index is 12.1. The number of amides is 3. The number of hydrogen-bond donors (Lipinski definition) is 2. The predicted octanol–water partition coefficient (Wildman–Crippen LogP) is -0.740. The molecule has 1 heterocycles. The van der Waals surface area contributed by atoms with Crippen LogP contribution in [0.5, 0.6) is 0 Å². The van der Waals surface area contributed by atoms with Crippen LogP contribution in [-0.2, 0) is 20.9 Å². The van der Waals surface area contributed by atoms with E-state index in [4.69, 9.17) is 0 Å². The van der Waals surface area contributed by atoms with Crippen LogP contribution in [0.1, 0.15) is 5.56 Å². The molecule has 1 aromatic carbocycles. The van der Waals surface area contributed by atoms with E-state index in [1.807, 2.05) is 30.3 Å². The van der Waals surface area contributed by atoms with E-state index in [-0.39, 0.29) is 18.4 Å². The molecule has 1 atom stereocenters. The van der Waals surface area contributed by atoms with E-state index in [0.717, 1.165) is 5.56 Å². The van der Waals surface area contributed by atoms with Gasteiger partial charge in [-0.3, -0.25) is 14.4 Å². The number of piperazine rings is 1. The van der Waals surface area contributed by atoms with Crippen LogP contribution in [-0.4, -0.2) is 42.3 Å². The smallest absolute Gasteiger partial charge is 0.255 e. The first-order chi connectivity index (χ1) is 9.11. The number of nitrogens with zero attached hydrogens (tertiary/aromatic N) is 1. The lowest BCUT2D eigenvalue weighted by molar-refractivity contribution is -0.149. The summed E-state index contributed by atoms with van der Waals surface area (Å²) in [6.45, 7) is 0.293. The maximum Gasteiger partial charge on any atom is 0.255 e. The fraction of sp³-hybridized carbons (Fsp3) is 0.308. The van der Waals surface area contributed by atoms with Crippen LogP contribution in [0.15, 0.2) is 30.3 Å². The van der Waals surface area contributed by atoms with Crippen molar-refractivity contribution in [2.24, 2.45) is 0 Å². The Morgan fingerprint density at radius 3 is 2.68 bits per heavy atom. The van der Waals surface area contributed by atoms with Gasteiger partial charge in [0.1, 0.15) is 0 Å². The minimum atomic E-state index is -1.13. The molecule has 0 aromatic heterocycles. The quantitative estimate of drug-likeness (QED) is 0.703. The summed E-state index contributed by atoms with van der Waals surface area (Å²) in [5.74, 6) is -1.22. The van der Waals surface area contributed by atoms with Gasteiger partial charge in [-0.2, -0.15) is 0 Å². The molecule has 19 heavy (non-hydrogen) atoms. The van der Waals surface area contributed by atoms with Crippen LogP contribution >= 0.6 is 0 Å². The summed E-state index contributed by atoms with van der Waals surface area (Å²) in [5, 5.41) is 4.76. The van der Waals surface area contributed by atoms with Crippen LogP contribution in [0.3, 0.4) is 0 Å². The topological polar surface area (TPSA) is 78.5 Å². The average molecular weight is 261 g/mol. The second kappa shape index (κ2) is 5.51. The molecule has 0 radical (unpaired) electrons. The number of carbonyl (C=O) groups is 3. The van der Waals surface area contributed by atoms with Crippen molar-refractivity contribution in [3.63, 3.8) is 0 Å². The van der Waals surface area contributed by atoms with Gasteiger partial charge in [-0.15, -0.1) is 0 Å². The minimum Gasteiger partial charge on any atom is -0.357 e. The molecule has 1 aliphatic rings. The van der Waals surface area contributed by atoms with Crippen LogP contribution in [0, 0.1) is 0 Å². The third-order valence-corrected chi connectivity index (χ3v) is 2.92. The average Bonchev–Trinajstić information content (AvgIpc) is 2.42. The number of hydrogen-bond acceptors (Lipinski definition) is 3. The summed E-state index contributed by atoms with van der Waals surface area (Å²) < 4.78 is 0. The molecule has 6 nitrogen and oxygen atoms in total. The largest absolute Gasteiger partial charge is 0.357 e. The standard InChI is InChI=1S/C13H15N3O3/c1-14-12(18)11-13(19)16(8-10(17)15-11)7-9-5-3-2-4-6-9/h2-6,11H,7-8H2,1H3,(H,14,18)(H,15,17). The molecule has 0 spiro atoms. The Kier molecular flexibility index (Phi) is 3.79. The van der Waals surface area contributed by atoms with Gasteiger partial charge in [0.25, 0.3) is 11.8 Å². The first kappa shape index (κ1) is 13.1. The monoisotopic (exact) mass is 261 g/mol. The van der Waals surface area contributed by atoms with Gasteiger partial charge in [-0.05, 0) is 5.56 Å². The third kappa shape index (κ3) is 2.90. The van der Waals surface area contributed by atoms with Gasteiger partial charge in [0, 0.05) is 13.6 Å². The van der Waals surface area contributed by atoms with Gasteiger partial charge in [0.05, 0.1) is 6.54 Å². The van der Waals surface area contributed by atoms with Crippen molar-refractivity contribution in [3.05, 3.63) is 35.9 Å². The molecule has 0 bridgehead atoms. The molecule has 0 saturated carbocycles. The summed E-state index contributed by atoms with van der Waals surface area (Å²) in [7, 11) is 1.43. The zero-order valence-electron chi connectivity index (χ0n) is 10.6. The summed E-state index contributed by atoms with van der Waals surface area (Å²) in [6.07, 6.45) is 0. The SMILES string of the molecule is CNC(=O)C1NC(=O)CN(Cc2ccccc2)C1=O. The van der Waals surface area contributed by atoms with E-state index in [1.165, 1.54) is 11.9 Å². The summed E-state index contributed by atoms with van der Waals surface area (Å²) in [5.41, 5.74) is 0.918. The lowest BCUT2D eigenvalue weighted by Gasteiger charge is -2.31. The van der Waals surface area contributed by atoms with Crippen molar-refractivity contribution >= 4 is 17.7 Å². The Morgan fingerprint density at radius 1 is 1.37 bits per heavy atom. The van der Waals surface area contributed by atoms with E-state index in [9.17, 15) is 14.4 Å². The Labute approximate surface area is 110 Å². The van der Waals surface area contributed by atoms with Crippen molar-refractivity contribution in [3.8, 4) is 0 Å². The van der Waals surface area contributed by atoms with Gasteiger partial charge < -0.3 is 15.5 Å². The van der Waals surface area contributed by atoms with Gasteiger partial charge in [0.2, 0.25) is 5.91 Å². The van der Waals surface area contributed by atoms with Crippen LogP contribution in [0.2, 0.25) is 0 Å². The molecule has 2 N–H and O–H groups in total. The van der Waals surface area contributed by atoms with Crippen LogP contribution in [0.4, 0.5) is 0 Å². The molecule has 6 heteroatoms. The zero-order chi connectivity index (χ0) is 13.8. The normalized spacial score (nSPS) is 19.0. The second-order valence-electron chi connectivity index (χ2n) is 4.29. The number of benzene rings is 1. The van der Waals surface area contributed by atoms with E-state index in [2.05, 4.69) is 10.6 Å². The van der Waals surface area contributed by atoms with Gasteiger partial charge >= 0.3 is 0 Å². The lowest BCUT2D eigenvalue weighted by Crippen LogP contribution is -2.62. The van der Waals surface area contributed by atoms with E-state index in [1.54, 1.807) is 0 Å². The highest BCUT2D eigenvalue weighted by molar-refractivity contribution is 6.09. The van der Waals surface area contributed by atoms with Crippen LogP contribution in [0.25, 0.3) is 0 Å². The fourth-order valence-corrected chi connectivity index (χ4v) is 1.96. The molecule has 0 aliphatic carbocycles. The van der Waals surface area contributed by atoms with E-state index < -0.39 is 11.9 Å². The van der Waals surface area contributed by atoms with Crippen LogP contribution < -0.4 is 10.6 Å². The number of rotatable bonds is 3. The lowest BCUT2D eigenvalue weighted by atomic mass is 10.1. The van der Waals surface area contributed by atoms with E-state index >= 15 is 0 Å². The Balaban J connectivity index is 2.14. The first-order valence-corrected chi connectivity index (χ1v) is 5.95. The first-order valence-electron chi connectivity index (χ1n) is 5.95. The predicted molar refractivity (Wildman–Crippen MR) is 67.9 cm³/mol. The van der Waals surface area contributed by atoms with Gasteiger partial charge in [-0.25, -0.2) is 0 Å². The molecule has 3 amide bonds. The highest BCUT2D eigenvalue weighted by atomic mass is 16.2. The molecule has 1 aromatic rings. The van der Waals surface area contributed by atoms with Gasteiger partial charge in [-0.1, -0.05) is 30.3 Å². The Bertz CT molecular complexity index is 501. The van der Waals surface area contributed by atoms with Crippen molar-refractivity contribution < 1.29 is 14.4 Å². The van der Waals surface area contributed by atoms with Crippen molar-refractivity contribution in [1.29, 1.82) is 0 Å². The highest BCUT2D eigenvalue weighted by Crippen LogP contribution is 2.09. The molecule has 1 unspecified atom stereocenters. The second-order valence-corrected chi connectivity index (χ2v) is 4.29.